The van der Waals surface area contributed by atoms with Crippen LogP contribution in [-0.2, 0) is 6.42 Å². The summed E-state index contributed by atoms with van der Waals surface area (Å²) in [5.41, 5.74) is 2.70. The number of Topliss-reactive ketones (excluding diaryl/α,β-unsaturated/α-hetero) is 1. The van der Waals surface area contributed by atoms with Crippen molar-refractivity contribution in [1.82, 2.24) is 0 Å². The van der Waals surface area contributed by atoms with Gasteiger partial charge >= 0.3 is 0 Å². The Morgan fingerprint density at radius 2 is 2.23 bits per heavy atom. The average molecular weight is 175 g/mol. The van der Waals surface area contributed by atoms with E-state index in [2.05, 4.69) is 5.16 Å². The number of aryl methyl sites for hydroxylation is 1. The van der Waals surface area contributed by atoms with Crippen LogP contribution in [0.15, 0.2) is 23.4 Å². The minimum absolute atomic E-state index is 0.211. The van der Waals surface area contributed by atoms with Gasteiger partial charge in [-0.25, -0.2) is 0 Å². The molecule has 0 aromatic heterocycles. The highest BCUT2D eigenvalue weighted by molar-refractivity contribution is 6.01. The van der Waals surface area contributed by atoms with Crippen molar-refractivity contribution in [3.05, 3.63) is 34.9 Å². The molecule has 66 valence electrons. The molecule has 0 saturated heterocycles. The van der Waals surface area contributed by atoms with Crippen LogP contribution in [0, 0.1) is 0 Å². The Labute approximate surface area is 75.7 Å². The molecule has 0 bridgehead atoms. The van der Waals surface area contributed by atoms with E-state index in [1.165, 1.54) is 6.21 Å². The number of hydrogen-bond donors (Lipinski definition) is 1. The first-order valence-electron chi connectivity index (χ1n) is 4.15. The molecular weight excluding hydrogens is 166 g/mol. The molecule has 0 heterocycles. The second-order valence-electron chi connectivity index (χ2n) is 3.08. The van der Waals surface area contributed by atoms with Gasteiger partial charge in [0.1, 0.15) is 0 Å². The minimum atomic E-state index is 0.211. The molecule has 0 spiro atoms. The van der Waals surface area contributed by atoms with Crippen molar-refractivity contribution in [2.45, 2.75) is 12.8 Å². The molecule has 0 saturated carbocycles. The number of oxime groups is 1. The van der Waals surface area contributed by atoms with Gasteiger partial charge in [-0.15, -0.1) is 0 Å². The molecule has 1 aromatic rings. The van der Waals surface area contributed by atoms with Crippen molar-refractivity contribution < 1.29 is 10.0 Å². The largest absolute Gasteiger partial charge is 0.411 e. The Morgan fingerprint density at radius 3 is 3.00 bits per heavy atom. The monoisotopic (exact) mass is 175 g/mol. The molecule has 1 aliphatic rings. The van der Waals surface area contributed by atoms with Crippen molar-refractivity contribution in [1.29, 1.82) is 0 Å². The lowest BCUT2D eigenvalue weighted by Gasteiger charge is -1.97. The molecule has 0 fully saturated rings. The zero-order chi connectivity index (χ0) is 9.26. The molecule has 0 atom stereocenters. The fourth-order valence-electron chi connectivity index (χ4n) is 1.62. The number of benzene rings is 1. The maximum atomic E-state index is 11.3. The zero-order valence-electron chi connectivity index (χ0n) is 7.03. The molecule has 2 rings (SSSR count). The highest BCUT2D eigenvalue weighted by Gasteiger charge is 2.18. The first-order valence-corrected chi connectivity index (χ1v) is 4.15. The van der Waals surface area contributed by atoms with Gasteiger partial charge in [-0.05, 0) is 23.6 Å². The molecule has 0 unspecified atom stereocenters. The quantitative estimate of drug-likeness (QED) is 0.400. The van der Waals surface area contributed by atoms with Crippen LogP contribution < -0.4 is 0 Å². The van der Waals surface area contributed by atoms with E-state index < -0.39 is 0 Å². The predicted molar refractivity (Wildman–Crippen MR) is 48.5 cm³/mol. The third-order valence-corrected chi connectivity index (χ3v) is 2.26. The summed E-state index contributed by atoms with van der Waals surface area (Å²) in [6, 6.07) is 5.46. The maximum absolute atomic E-state index is 11.3. The van der Waals surface area contributed by atoms with E-state index in [4.69, 9.17) is 5.21 Å². The van der Waals surface area contributed by atoms with Gasteiger partial charge in [-0.3, -0.25) is 4.79 Å². The van der Waals surface area contributed by atoms with Gasteiger partial charge in [0.2, 0.25) is 0 Å². The molecule has 1 N–H and O–H groups in total. The van der Waals surface area contributed by atoms with E-state index >= 15 is 0 Å². The summed E-state index contributed by atoms with van der Waals surface area (Å²) in [6.45, 7) is 0. The van der Waals surface area contributed by atoms with Crippen LogP contribution in [0.1, 0.15) is 27.9 Å². The molecule has 0 aliphatic heterocycles. The summed E-state index contributed by atoms with van der Waals surface area (Å²) in [5, 5.41) is 11.3. The first-order chi connectivity index (χ1) is 6.31. The minimum Gasteiger partial charge on any atom is -0.411 e. The number of hydrogen-bond acceptors (Lipinski definition) is 3. The molecule has 13 heavy (non-hydrogen) atoms. The number of carbonyl (C=O) groups is 1. The fraction of sp³-hybridized carbons (Fsp3) is 0.200. The lowest BCUT2D eigenvalue weighted by Crippen LogP contribution is -1.91. The van der Waals surface area contributed by atoms with Crippen LogP contribution in [0.3, 0.4) is 0 Å². The van der Waals surface area contributed by atoms with Crippen molar-refractivity contribution in [2.75, 3.05) is 0 Å². The van der Waals surface area contributed by atoms with Gasteiger partial charge in [0.25, 0.3) is 0 Å². The van der Waals surface area contributed by atoms with Crippen molar-refractivity contribution in [3.63, 3.8) is 0 Å². The Balaban J connectivity index is 2.45. The van der Waals surface area contributed by atoms with Crippen LogP contribution in [0.5, 0.6) is 0 Å². The van der Waals surface area contributed by atoms with Crippen LogP contribution in [0.2, 0.25) is 0 Å². The molecule has 1 aromatic carbocycles. The second kappa shape index (κ2) is 3.01. The Bertz CT molecular complexity index is 383. The number of nitrogens with zero attached hydrogens (tertiary/aromatic N) is 1. The molecule has 3 heteroatoms. The van der Waals surface area contributed by atoms with E-state index in [9.17, 15) is 4.79 Å². The first kappa shape index (κ1) is 7.98. The molecule has 0 radical (unpaired) electrons. The third-order valence-electron chi connectivity index (χ3n) is 2.26. The highest BCUT2D eigenvalue weighted by Crippen LogP contribution is 2.22. The van der Waals surface area contributed by atoms with Crippen molar-refractivity contribution in [3.8, 4) is 0 Å². The van der Waals surface area contributed by atoms with Crippen molar-refractivity contribution in [2.24, 2.45) is 5.16 Å². The summed E-state index contributed by atoms with van der Waals surface area (Å²) >= 11 is 0. The summed E-state index contributed by atoms with van der Waals surface area (Å²) in [4.78, 5) is 11.3. The summed E-state index contributed by atoms with van der Waals surface area (Å²) in [5.74, 6) is 0.211. The number of carbonyl (C=O) groups excluding carboxylic acids is 1. The molecule has 0 amide bonds. The topological polar surface area (TPSA) is 49.7 Å². The zero-order valence-corrected chi connectivity index (χ0v) is 7.03. The van der Waals surface area contributed by atoms with Crippen LogP contribution in [-0.4, -0.2) is 17.2 Å². The number of fused-ring (bicyclic) bond motifs is 1. The SMILES string of the molecule is O=C1CCc2cc(/C=N/O)ccc21. The fourth-order valence-corrected chi connectivity index (χ4v) is 1.62. The van der Waals surface area contributed by atoms with Gasteiger partial charge in [-0.1, -0.05) is 17.3 Å². The lowest BCUT2D eigenvalue weighted by atomic mass is 10.1. The van der Waals surface area contributed by atoms with Gasteiger partial charge in [0.05, 0.1) is 6.21 Å². The smallest absolute Gasteiger partial charge is 0.163 e. The van der Waals surface area contributed by atoms with Gasteiger partial charge in [0, 0.05) is 12.0 Å². The standard InChI is InChI=1S/C10H9NO2/c12-10-4-2-8-5-7(6-11-13)1-3-9(8)10/h1,3,5-6,13H,2,4H2/b11-6+. The Morgan fingerprint density at radius 1 is 1.38 bits per heavy atom. The van der Waals surface area contributed by atoms with E-state index in [1.54, 1.807) is 12.1 Å². The maximum Gasteiger partial charge on any atom is 0.163 e. The summed E-state index contributed by atoms with van der Waals surface area (Å²) in [6.07, 6.45) is 2.78. The van der Waals surface area contributed by atoms with E-state index in [0.717, 1.165) is 23.1 Å². The van der Waals surface area contributed by atoms with Gasteiger partial charge in [0.15, 0.2) is 5.78 Å². The Hall–Kier alpha value is -1.64. The summed E-state index contributed by atoms with van der Waals surface area (Å²) < 4.78 is 0. The van der Waals surface area contributed by atoms with Crippen LogP contribution in [0.25, 0.3) is 0 Å². The number of ketones is 1. The van der Waals surface area contributed by atoms with E-state index in [0.29, 0.717) is 6.42 Å². The lowest BCUT2D eigenvalue weighted by molar-refractivity contribution is 0.0994. The van der Waals surface area contributed by atoms with E-state index in [-0.39, 0.29) is 5.78 Å². The van der Waals surface area contributed by atoms with Gasteiger partial charge in [-0.2, -0.15) is 0 Å². The predicted octanol–water partition coefficient (Wildman–Crippen LogP) is 1.62. The number of rotatable bonds is 1. The molecule has 1 aliphatic carbocycles. The second-order valence-corrected chi connectivity index (χ2v) is 3.08. The van der Waals surface area contributed by atoms with Crippen LogP contribution >= 0.6 is 0 Å². The average Bonchev–Trinajstić information content (AvgIpc) is 2.48. The van der Waals surface area contributed by atoms with Crippen molar-refractivity contribution >= 4 is 12.0 Å². The normalized spacial score (nSPS) is 15.2. The van der Waals surface area contributed by atoms with Crippen LogP contribution in [0.4, 0.5) is 0 Å². The third kappa shape index (κ3) is 1.33. The molecular formula is C10H9NO2. The Kier molecular flexibility index (Phi) is 1.85. The van der Waals surface area contributed by atoms with Gasteiger partial charge < -0.3 is 5.21 Å². The highest BCUT2D eigenvalue weighted by atomic mass is 16.4. The summed E-state index contributed by atoms with van der Waals surface area (Å²) in [7, 11) is 0. The van der Waals surface area contributed by atoms with E-state index in [1.807, 2.05) is 6.07 Å². The molecule has 3 nitrogen and oxygen atoms in total.